The monoisotopic (exact) mass is 280 g/mol. The summed E-state index contributed by atoms with van der Waals surface area (Å²) in [7, 11) is 0. The van der Waals surface area contributed by atoms with E-state index in [-0.39, 0.29) is 12.4 Å². The fourth-order valence-electron chi connectivity index (χ4n) is 3.06. The fourth-order valence-corrected chi connectivity index (χ4v) is 3.06. The van der Waals surface area contributed by atoms with Crippen molar-refractivity contribution in [3.63, 3.8) is 0 Å². The highest BCUT2D eigenvalue weighted by molar-refractivity contribution is 6.00. The number of Topliss-reactive ketones (excluding diaryl/α,β-unsaturated/α-hetero) is 1. The predicted molar refractivity (Wildman–Crippen MR) is 79.2 cm³/mol. The van der Waals surface area contributed by atoms with E-state index in [9.17, 15) is 4.79 Å². The lowest BCUT2D eigenvalue weighted by molar-refractivity contribution is 0.0586. The smallest absolute Gasteiger partial charge is 0.206 e. The summed E-state index contributed by atoms with van der Waals surface area (Å²) in [6.45, 7) is 0.271. The van der Waals surface area contributed by atoms with Crippen LogP contribution in [-0.2, 0) is 12.8 Å². The van der Waals surface area contributed by atoms with Crippen LogP contribution in [0.4, 0.5) is 0 Å². The Bertz CT molecular complexity index is 705. The van der Waals surface area contributed by atoms with Crippen molar-refractivity contribution < 1.29 is 14.3 Å². The van der Waals surface area contributed by atoms with Gasteiger partial charge in [0.15, 0.2) is 17.6 Å². The maximum atomic E-state index is 12.6. The van der Waals surface area contributed by atoms with Gasteiger partial charge in [-0.1, -0.05) is 24.3 Å². The second-order valence-electron chi connectivity index (χ2n) is 5.57. The SMILES string of the molecule is O=C(c1ccc2c(c1)CCC2)C1COc2ccccc2O1. The van der Waals surface area contributed by atoms with Gasteiger partial charge in [-0.2, -0.15) is 0 Å². The zero-order valence-electron chi connectivity index (χ0n) is 11.7. The van der Waals surface area contributed by atoms with Gasteiger partial charge < -0.3 is 9.47 Å². The third kappa shape index (κ3) is 2.19. The van der Waals surface area contributed by atoms with Gasteiger partial charge in [-0.25, -0.2) is 0 Å². The molecule has 0 saturated carbocycles. The second kappa shape index (κ2) is 4.92. The summed E-state index contributed by atoms with van der Waals surface area (Å²) >= 11 is 0. The Labute approximate surface area is 123 Å². The second-order valence-corrected chi connectivity index (χ2v) is 5.57. The molecular formula is C18H16O3. The summed E-state index contributed by atoms with van der Waals surface area (Å²) in [5.41, 5.74) is 3.40. The molecule has 1 heterocycles. The summed E-state index contributed by atoms with van der Waals surface area (Å²) in [4.78, 5) is 12.6. The highest BCUT2D eigenvalue weighted by Gasteiger charge is 2.28. The van der Waals surface area contributed by atoms with E-state index >= 15 is 0 Å². The molecular weight excluding hydrogens is 264 g/mol. The maximum absolute atomic E-state index is 12.6. The molecule has 1 aliphatic carbocycles. The highest BCUT2D eigenvalue weighted by Crippen LogP contribution is 2.32. The van der Waals surface area contributed by atoms with Crippen LogP contribution < -0.4 is 9.47 Å². The van der Waals surface area contributed by atoms with Crippen molar-refractivity contribution in [3.05, 3.63) is 59.2 Å². The molecule has 0 amide bonds. The molecule has 0 spiro atoms. The van der Waals surface area contributed by atoms with E-state index < -0.39 is 6.10 Å². The molecule has 21 heavy (non-hydrogen) atoms. The fraction of sp³-hybridized carbons (Fsp3) is 0.278. The first kappa shape index (κ1) is 12.5. The first-order valence-electron chi connectivity index (χ1n) is 7.36. The highest BCUT2D eigenvalue weighted by atomic mass is 16.6. The Morgan fingerprint density at radius 2 is 1.81 bits per heavy atom. The molecule has 4 rings (SSSR count). The average molecular weight is 280 g/mol. The molecule has 1 atom stereocenters. The van der Waals surface area contributed by atoms with Crippen LogP contribution in [0.3, 0.4) is 0 Å². The molecule has 1 unspecified atom stereocenters. The van der Waals surface area contributed by atoms with Crippen molar-refractivity contribution in [1.29, 1.82) is 0 Å². The normalized spacial score (nSPS) is 19.1. The summed E-state index contributed by atoms with van der Waals surface area (Å²) < 4.78 is 11.4. The van der Waals surface area contributed by atoms with Crippen LogP contribution in [0.5, 0.6) is 11.5 Å². The number of hydrogen-bond donors (Lipinski definition) is 0. The molecule has 2 aromatic carbocycles. The molecule has 0 N–H and O–H groups in total. The van der Waals surface area contributed by atoms with Crippen molar-refractivity contribution in [2.24, 2.45) is 0 Å². The quantitative estimate of drug-likeness (QED) is 0.792. The van der Waals surface area contributed by atoms with Crippen LogP contribution in [0.25, 0.3) is 0 Å². The Balaban J connectivity index is 1.59. The van der Waals surface area contributed by atoms with Gasteiger partial charge in [0, 0.05) is 5.56 Å². The zero-order chi connectivity index (χ0) is 14.2. The van der Waals surface area contributed by atoms with Gasteiger partial charge in [0.2, 0.25) is 5.78 Å². The number of carbonyl (C=O) groups is 1. The van der Waals surface area contributed by atoms with Crippen molar-refractivity contribution in [2.75, 3.05) is 6.61 Å². The average Bonchev–Trinajstić information content (AvgIpc) is 3.01. The van der Waals surface area contributed by atoms with Gasteiger partial charge in [0.1, 0.15) is 6.61 Å². The molecule has 0 aromatic heterocycles. The first-order chi connectivity index (χ1) is 10.3. The third-order valence-electron chi connectivity index (χ3n) is 4.18. The summed E-state index contributed by atoms with van der Waals surface area (Å²) in [6.07, 6.45) is 2.82. The van der Waals surface area contributed by atoms with Crippen molar-refractivity contribution in [1.82, 2.24) is 0 Å². The minimum atomic E-state index is -0.556. The molecule has 0 saturated heterocycles. The van der Waals surface area contributed by atoms with Gasteiger partial charge in [0.25, 0.3) is 0 Å². The van der Waals surface area contributed by atoms with E-state index in [2.05, 4.69) is 6.07 Å². The lowest BCUT2D eigenvalue weighted by atomic mass is 10.0. The molecule has 0 radical (unpaired) electrons. The maximum Gasteiger partial charge on any atom is 0.206 e. The Morgan fingerprint density at radius 3 is 2.71 bits per heavy atom. The van der Waals surface area contributed by atoms with Crippen molar-refractivity contribution >= 4 is 5.78 Å². The summed E-state index contributed by atoms with van der Waals surface area (Å²) in [5.74, 6) is 1.35. The molecule has 2 aromatic rings. The van der Waals surface area contributed by atoms with E-state index in [0.717, 1.165) is 18.4 Å². The number of hydrogen-bond acceptors (Lipinski definition) is 3. The number of rotatable bonds is 2. The van der Waals surface area contributed by atoms with E-state index in [1.54, 1.807) is 0 Å². The molecule has 0 fully saturated rings. The van der Waals surface area contributed by atoms with Gasteiger partial charge >= 0.3 is 0 Å². The largest absolute Gasteiger partial charge is 0.485 e. The van der Waals surface area contributed by atoms with Crippen LogP contribution in [0.1, 0.15) is 27.9 Å². The lowest BCUT2D eigenvalue weighted by Crippen LogP contribution is -2.36. The molecule has 3 nitrogen and oxygen atoms in total. The van der Waals surface area contributed by atoms with Gasteiger partial charge in [-0.3, -0.25) is 4.79 Å². The van der Waals surface area contributed by atoms with E-state index in [1.807, 2.05) is 36.4 Å². The van der Waals surface area contributed by atoms with E-state index in [0.29, 0.717) is 11.5 Å². The van der Waals surface area contributed by atoms with Gasteiger partial charge in [-0.15, -0.1) is 0 Å². The van der Waals surface area contributed by atoms with E-state index in [1.165, 1.54) is 17.5 Å². The van der Waals surface area contributed by atoms with Crippen LogP contribution in [0, 0.1) is 0 Å². The standard InChI is InChI=1S/C18H16O3/c19-18(14-9-8-12-4-3-5-13(12)10-14)17-11-20-15-6-1-2-7-16(15)21-17/h1-2,6-10,17H,3-5,11H2. The molecule has 3 heteroatoms. The third-order valence-corrected chi connectivity index (χ3v) is 4.18. The first-order valence-corrected chi connectivity index (χ1v) is 7.36. The van der Waals surface area contributed by atoms with Gasteiger partial charge in [-0.05, 0) is 48.6 Å². The Hall–Kier alpha value is -2.29. The number of ether oxygens (including phenoxy) is 2. The Kier molecular flexibility index (Phi) is 2.92. The summed E-state index contributed by atoms with van der Waals surface area (Å²) in [6, 6.07) is 13.5. The number of ketones is 1. The molecule has 106 valence electrons. The minimum Gasteiger partial charge on any atom is -0.485 e. The number of benzene rings is 2. The van der Waals surface area contributed by atoms with Crippen LogP contribution in [0.2, 0.25) is 0 Å². The lowest BCUT2D eigenvalue weighted by Gasteiger charge is -2.25. The minimum absolute atomic E-state index is 0.000738. The van der Waals surface area contributed by atoms with E-state index in [4.69, 9.17) is 9.47 Å². The number of para-hydroxylation sites is 2. The van der Waals surface area contributed by atoms with Crippen LogP contribution in [-0.4, -0.2) is 18.5 Å². The zero-order valence-corrected chi connectivity index (χ0v) is 11.7. The van der Waals surface area contributed by atoms with Crippen molar-refractivity contribution in [2.45, 2.75) is 25.4 Å². The number of carbonyl (C=O) groups excluding carboxylic acids is 1. The summed E-state index contributed by atoms with van der Waals surface area (Å²) in [5, 5.41) is 0. The van der Waals surface area contributed by atoms with Crippen molar-refractivity contribution in [3.8, 4) is 11.5 Å². The molecule has 1 aliphatic heterocycles. The molecule has 0 bridgehead atoms. The molecule has 2 aliphatic rings. The topological polar surface area (TPSA) is 35.5 Å². The van der Waals surface area contributed by atoms with Crippen LogP contribution >= 0.6 is 0 Å². The van der Waals surface area contributed by atoms with Gasteiger partial charge in [0.05, 0.1) is 0 Å². The predicted octanol–water partition coefficient (Wildman–Crippen LogP) is 3.20. The van der Waals surface area contributed by atoms with Crippen LogP contribution in [0.15, 0.2) is 42.5 Å². The Morgan fingerprint density at radius 1 is 1.00 bits per heavy atom. The number of aryl methyl sites for hydroxylation is 2. The number of fused-ring (bicyclic) bond motifs is 2.